The van der Waals surface area contributed by atoms with Crippen LogP contribution in [0.15, 0.2) is 30.5 Å². The van der Waals surface area contributed by atoms with Crippen molar-refractivity contribution < 1.29 is 4.79 Å². The van der Waals surface area contributed by atoms with Gasteiger partial charge < -0.3 is 10.7 Å². The third kappa shape index (κ3) is 2.72. The van der Waals surface area contributed by atoms with Gasteiger partial charge in [-0.3, -0.25) is 4.79 Å². The van der Waals surface area contributed by atoms with Gasteiger partial charge >= 0.3 is 0 Å². The molecule has 0 aliphatic heterocycles. The van der Waals surface area contributed by atoms with Gasteiger partial charge in [-0.2, -0.15) is 0 Å². The van der Waals surface area contributed by atoms with Crippen LogP contribution in [0.3, 0.4) is 0 Å². The molecule has 1 aromatic heterocycles. The quantitative estimate of drug-likeness (QED) is 0.577. The predicted octanol–water partition coefficient (Wildman–Crippen LogP) is 2.44. The third-order valence-corrected chi connectivity index (χ3v) is 3.50. The molecule has 4 N–H and O–H groups in total. The van der Waals surface area contributed by atoms with E-state index in [0.717, 1.165) is 23.6 Å². The fourth-order valence-electron chi connectivity index (χ4n) is 2.24. The summed E-state index contributed by atoms with van der Waals surface area (Å²) in [5.41, 5.74) is 3.13. The summed E-state index contributed by atoms with van der Waals surface area (Å²) in [5, 5.41) is 4.72. The molecule has 2 rings (SSSR count). The normalized spacial score (nSPS) is 10.8. The Balaban J connectivity index is 2.42. The van der Waals surface area contributed by atoms with Gasteiger partial charge in [0.15, 0.2) is 0 Å². The highest BCUT2D eigenvalue weighted by atomic mass is 16.1. The standard InChI is InChI=1S/C15H20N4O/c1-3-10(4-2)18-15(20)13-9-17-14(19-16)12-8-6-5-7-11(12)13/h5-10H,3-4,16H2,1-2H3,(H,17,19)(H,18,20). The maximum Gasteiger partial charge on any atom is 0.253 e. The fraction of sp³-hybridized carbons (Fsp3) is 0.333. The summed E-state index contributed by atoms with van der Waals surface area (Å²) in [4.78, 5) is 16.6. The summed E-state index contributed by atoms with van der Waals surface area (Å²) in [7, 11) is 0. The lowest BCUT2D eigenvalue weighted by atomic mass is 10.1. The number of nitrogen functional groups attached to an aromatic ring is 1. The Morgan fingerprint density at radius 1 is 1.25 bits per heavy atom. The van der Waals surface area contributed by atoms with E-state index in [1.807, 2.05) is 24.3 Å². The molecule has 5 heteroatoms. The number of carbonyl (C=O) groups is 1. The van der Waals surface area contributed by atoms with Gasteiger partial charge in [0.2, 0.25) is 0 Å². The number of nitrogens with two attached hydrogens (primary N) is 1. The van der Waals surface area contributed by atoms with Crippen LogP contribution in [0, 0.1) is 0 Å². The minimum atomic E-state index is -0.0917. The molecular formula is C15H20N4O. The number of hydrogen-bond donors (Lipinski definition) is 3. The summed E-state index contributed by atoms with van der Waals surface area (Å²) in [6, 6.07) is 7.78. The molecule has 106 valence electrons. The van der Waals surface area contributed by atoms with E-state index in [2.05, 4.69) is 29.6 Å². The fourth-order valence-corrected chi connectivity index (χ4v) is 2.24. The van der Waals surface area contributed by atoms with Gasteiger partial charge in [0.05, 0.1) is 5.56 Å². The van der Waals surface area contributed by atoms with Gasteiger partial charge in [0.25, 0.3) is 5.91 Å². The van der Waals surface area contributed by atoms with E-state index in [-0.39, 0.29) is 11.9 Å². The highest BCUT2D eigenvalue weighted by molar-refractivity contribution is 6.09. The molecule has 0 radical (unpaired) electrons. The van der Waals surface area contributed by atoms with Gasteiger partial charge in [0, 0.05) is 17.6 Å². The first kappa shape index (κ1) is 14.3. The number of nitrogens with one attached hydrogen (secondary N) is 2. The highest BCUT2D eigenvalue weighted by Gasteiger charge is 2.15. The van der Waals surface area contributed by atoms with Gasteiger partial charge in [-0.05, 0) is 18.2 Å². The molecule has 1 amide bonds. The van der Waals surface area contributed by atoms with Gasteiger partial charge in [0.1, 0.15) is 5.82 Å². The SMILES string of the molecule is CCC(CC)NC(=O)c1cnc(NN)c2ccccc12. The molecule has 0 aliphatic rings. The lowest BCUT2D eigenvalue weighted by molar-refractivity contribution is 0.0936. The van der Waals surface area contributed by atoms with Crippen molar-refractivity contribution in [3.63, 3.8) is 0 Å². The average Bonchev–Trinajstić information content (AvgIpc) is 2.51. The van der Waals surface area contributed by atoms with Crippen molar-refractivity contribution in [1.82, 2.24) is 10.3 Å². The van der Waals surface area contributed by atoms with Crippen LogP contribution in [-0.4, -0.2) is 16.9 Å². The van der Waals surface area contributed by atoms with E-state index in [0.29, 0.717) is 11.4 Å². The van der Waals surface area contributed by atoms with E-state index in [1.54, 1.807) is 6.20 Å². The lowest BCUT2D eigenvalue weighted by Crippen LogP contribution is -2.34. The Morgan fingerprint density at radius 3 is 2.50 bits per heavy atom. The molecule has 0 saturated heterocycles. The number of hydrazine groups is 1. The van der Waals surface area contributed by atoms with E-state index >= 15 is 0 Å². The summed E-state index contributed by atoms with van der Waals surface area (Å²) in [5.74, 6) is 5.93. The zero-order valence-electron chi connectivity index (χ0n) is 11.8. The number of carbonyl (C=O) groups excluding carboxylic acids is 1. The van der Waals surface area contributed by atoms with Crippen LogP contribution in [0.4, 0.5) is 5.82 Å². The Bertz CT molecular complexity index is 608. The van der Waals surface area contributed by atoms with Crippen molar-refractivity contribution in [2.75, 3.05) is 5.43 Å². The van der Waals surface area contributed by atoms with Gasteiger partial charge in [-0.1, -0.05) is 38.1 Å². The number of hydrogen-bond acceptors (Lipinski definition) is 4. The average molecular weight is 272 g/mol. The zero-order chi connectivity index (χ0) is 14.5. The highest BCUT2D eigenvalue weighted by Crippen LogP contribution is 2.23. The largest absolute Gasteiger partial charge is 0.349 e. The number of fused-ring (bicyclic) bond motifs is 1. The molecular weight excluding hydrogens is 252 g/mol. The molecule has 5 nitrogen and oxygen atoms in total. The molecule has 0 aliphatic carbocycles. The van der Waals surface area contributed by atoms with E-state index in [4.69, 9.17) is 5.84 Å². The van der Waals surface area contributed by atoms with Crippen molar-refractivity contribution in [3.05, 3.63) is 36.0 Å². The number of anilines is 1. The van der Waals surface area contributed by atoms with Gasteiger partial charge in [-0.15, -0.1) is 0 Å². The van der Waals surface area contributed by atoms with Crippen LogP contribution in [-0.2, 0) is 0 Å². The minimum absolute atomic E-state index is 0.0917. The number of rotatable bonds is 5. The molecule has 0 spiro atoms. The topological polar surface area (TPSA) is 80.0 Å². The second-order valence-corrected chi connectivity index (χ2v) is 4.70. The monoisotopic (exact) mass is 272 g/mol. The molecule has 20 heavy (non-hydrogen) atoms. The van der Waals surface area contributed by atoms with Crippen molar-refractivity contribution in [2.24, 2.45) is 5.84 Å². The summed E-state index contributed by atoms with van der Waals surface area (Å²) < 4.78 is 0. The van der Waals surface area contributed by atoms with Crippen LogP contribution >= 0.6 is 0 Å². The second kappa shape index (κ2) is 6.34. The maximum absolute atomic E-state index is 12.4. The summed E-state index contributed by atoms with van der Waals surface area (Å²) >= 11 is 0. The minimum Gasteiger partial charge on any atom is -0.349 e. The first-order valence-corrected chi connectivity index (χ1v) is 6.86. The molecule has 0 bridgehead atoms. The van der Waals surface area contributed by atoms with Crippen molar-refractivity contribution in [1.29, 1.82) is 0 Å². The first-order chi connectivity index (χ1) is 9.71. The molecule has 0 unspecified atom stereocenters. The van der Waals surface area contributed by atoms with Gasteiger partial charge in [-0.25, -0.2) is 10.8 Å². The van der Waals surface area contributed by atoms with E-state index in [1.165, 1.54) is 0 Å². The number of amides is 1. The molecule has 1 heterocycles. The van der Waals surface area contributed by atoms with Crippen LogP contribution in [0.2, 0.25) is 0 Å². The maximum atomic E-state index is 12.4. The van der Waals surface area contributed by atoms with Crippen LogP contribution < -0.4 is 16.6 Å². The van der Waals surface area contributed by atoms with E-state index in [9.17, 15) is 4.79 Å². The smallest absolute Gasteiger partial charge is 0.253 e. The Kier molecular flexibility index (Phi) is 4.53. The number of pyridine rings is 1. The van der Waals surface area contributed by atoms with Crippen LogP contribution in [0.25, 0.3) is 10.8 Å². The Morgan fingerprint density at radius 2 is 1.90 bits per heavy atom. The Hall–Kier alpha value is -2.14. The Labute approximate surface area is 118 Å². The number of benzene rings is 1. The zero-order valence-corrected chi connectivity index (χ0v) is 11.8. The predicted molar refractivity (Wildman–Crippen MR) is 81.4 cm³/mol. The van der Waals surface area contributed by atoms with Crippen molar-refractivity contribution in [2.45, 2.75) is 32.7 Å². The van der Waals surface area contributed by atoms with Crippen LogP contribution in [0.1, 0.15) is 37.0 Å². The van der Waals surface area contributed by atoms with E-state index < -0.39 is 0 Å². The molecule has 0 atom stereocenters. The number of nitrogens with zero attached hydrogens (tertiary/aromatic N) is 1. The molecule has 2 aromatic rings. The second-order valence-electron chi connectivity index (χ2n) is 4.70. The third-order valence-electron chi connectivity index (χ3n) is 3.50. The lowest BCUT2D eigenvalue weighted by Gasteiger charge is -2.16. The summed E-state index contributed by atoms with van der Waals surface area (Å²) in [6.45, 7) is 4.12. The van der Waals surface area contributed by atoms with Crippen LogP contribution in [0.5, 0.6) is 0 Å². The number of aromatic nitrogens is 1. The van der Waals surface area contributed by atoms with Crippen molar-refractivity contribution in [3.8, 4) is 0 Å². The summed E-state index contributed by atoms with van der Waals surface area (Å²) in [6.07, 6.45) is 3.39. The first-order valence-electron chi connectivity index (χ1n) is 6.86. The molecule has 1 aromatic carbocycles. The molecule has 0 fully saturated rings. The molecule has 0 saturated carbocycles. The van der Waals surface area contributed by atoms with Crippen molar-refractivity contribution >= 4 is 22.5 Å².